The second-order valence-electron chi connectivity index (χ2n) is 5.26. The van der Waals surface area contributed by atoms with Crippen LogP contribution in [0.15, 0.2) is 33.9 Å². The minimum absolute atomic E-state index is 0.313. The van der Waals surface area contributed by atoms with Gasteiger partial charge in [-0.2, -0.15) is 0 Å². The van der Waals surface area contributed by atoms with Crippen LogP contribution < -0.4 is 11.2 Å². The predicted molar refractivity (Wildman–Crippen MR) is 88.6 cm³/mol. The van der Waals surface area contributed by atoms with Crippen molar-refractivity contribution in [1.29, 1.82) is 0 Å². The van der Waals surface area contributed by atoms with Gasteiger partial charge in [0.05, 0.1) is 10.0 Å². The van der Waals surface area contributed by atoms with Crippen LogP contribution in [0.25, 0.3) is 0 Å². The average Bonchev–Trinajstić information content (AvgIpc) is 2.47. The maximum absolute atomic E-state index is 11.9. The van der Waals surface area contributed by atoms with Crippen molar-refractivity contribution in [3.05, 3.63) is 66.4 Å². The van der Waals surface area contributed by atoms with Gasteiger partial charge in [-0.05, 0) is 18.7 Å². The molecule has 0 amide bonds. The zero-order valence-electron chi connectivity index (χ0n) is 12.6. The third kappa shape index (κ3) is 3.43. The molecule has 2 rings (SSSR count). The van der Waals surface area contributed by atoms with Crippen LogP contribution in [0.3, 0.4) is 0 Å². The van der Waals surface area contributed by atoms with Gasteiger partial charge in [-0.15, -0.1) is 0 Å². The first kappa shape index (κ1) is 16.8. The van der Waals surface area contributed by atoms with Crippen molar-refractivity contribution in [3.8, 4) is 0 Å². The van der Waals surface area contributed by atoms with Crippen molar-refractivity contribution in [2.24, 2.45) is 14.1 Å². The molecule has 0 spiro atoms. The highest BCUT2D eigenvalue weighted by Crippen LogP contribution is 2.26. The Morgan fingerprint density at radius 1 is 1.09 bits per heavy atom. The second-order valence-corrected chi connectivity index (χ2v) is 6.04. The summed E-state index contributed by atoms with van der Waals surface area (Å²) in [5, 5.41) is 1.03. The zero-order chi connectivity index (χ0) is 16.4. The van der Waals surface area contributed by atoms with Crippen molar-refractivity contribution >= 4 is 23.2 Å². The Labute approximate surface area is 138 Å². The van der Waals surface area contributed by atoms with E-state index >= 15 is 0 Å². The Kier molecular flexibility index (Phi) is 5.11. The number of hydrogen-bond acceptors (Lipinski definition) is 3. The van der Waals surface area contributed by atoms with Crippen LogP contribution in [0, 0.1) is 0 Å². The highest BCUT2D eigenvalue weighted by molar-refractivity contribution is 6.42. The molecule has 22 heavy (non-hydrogen) atoms. The second kappa shape index (κ2) is 6.69. The summed E-state index contributed by atoms with van der Waals surface area (Å²) in [7, 11) is 5.00. The molecule has 2 aromatic rings. The maximum atomic E-state index is 11.9. The molecule has 0 aliphatic rings. The average molecular weight is 342 g/mol. The maximum Gasteiger partial charge on any atom is 0.330 e. The molecule has 0 radical (unpaired) electrons. The minimum atomic E-state index is -0.336. The molecule has 0 unspecified atom stereocenters. The van der Waals surface area contributed by atoms with Gasteiger partial charge in [0.25, 0.3) is 5.56 Å². The van der Waals surface area contributed by atoms with Gasteiger partial charge in [0.2, 0.25) is 0 Å². The van der Waals surface area contributed by atoms with Crippen molar-refractivity contribution < 1.29 is 0 Å². The lowest BCUT2D eigenvalue weighted by atomic mass is 10.2. The molecular formula is C15H17Cl2N3O2. The van der Waals surface area contributed by atoms with Crippen LogP contribution in [0.4, 0.5) is 0 Å². The van der Waals surface area contributed by atoms with Crippen molar-refractivity contribution in [2.75, 3.05) is 7.05 Å². The molecule has 0 atom stereocenters. The summed E-state index contributed by atoms with van der Waals surface area (Å²) in [5.74, 6) is 0. The third-order valence-electron chi connectivity index (χ3n) is 3.53. The van der Waals surface area contributed by atoms with Gasteiger partial charge in [-0.1, -0.05) is 35.3 Å². The molecule has 0 fully saturated rings. The van der Waals surface area contributed by atoms with E-state index in [1.54, 1.807) is 13.1 Å². The number of nitrogens with zero attached hydrogens (tertiary/aromatic N) is 3. The molecule has 0 N–H and O–H groups in total. The molecule has 1 aromatic carbocycles. The zero-order valence-corrected chi connectivity index (χ0v) is 14.1. The van der Waals surface area contributed by atoms with E-state index in [0.717, 1.165) is 10.1 Å². The minimum Gasteiger partial charge on any atom is -0.299 e. The van der Waals surface area contributed by atoms with Gasteiger partial charge in [-0.25, -0.2) is 4.79 Å². The van der Waals surface area contributed by atoms with E-state index in [9.17, 15) is 9.59 Å². The summed E-state index contributed by atoms with van der Waals surface area (Å²) >= 11 is 12.2. The fraction of sp³-hybridized carbons (Fsp3) is 0.333. The van der Waals surface area contributed by atoms with E-state index < -0.39 is 0 Å². The number of benzene rings is 1. The molecule has 0 aliphatic heterocycles. The van der Waals surface area contributed by atoms with E-state index in [4.69, 9.17) is 23.2 Å². The SMILES string of the molecule is CN(Cc1cccc(Cl)c1Cl)Cc1cc(=O)n(C)c(=O)n1C. The number of halogens is 2. The van der Waals surface area contributed by atoms with Crippen LogP contribution in [0.2, 0.25) is 10.0 Å². The molecule has 1 aromatic heterocycles. The first-order valence-corrected chi connectivity index (χ1v) is 7.44. The monoisotopic (exact) mass is 341 g/mol. The lowest BCUT2D eigenvalue weighted by molar-refractivity contribution is 0.308. The van der Waals surface area contributed by atoms with Crippen LogP contribution >= 0.6 is 23.2 Å². The summed E-state index contributed by atoms with van der Waals surface area (Å²) in [4.78, 5) is 25.6. The first-order valence-electron chi connectivity index (χ1n) is 6.68. The molecule has 5 nitrogen and oxygen atoms in total. The normalized spacial score (nSPS) is 11.2. The lowest BCUT2D eigenvalue weighted by Crippen LogP contribution is -2.39. The van der Waals surface area contributed by atoms with Gasteiger partial charge >= 0.3 is 5.69 Å². The smallest absolute Gasteiger partial charge is 0.299 e. The van der Waals surface area contributed by atoms with Crippen molar-refractivity contribution in [2.45, 2.75) is 13.1 Å². The van der Waals surface area contributed by atoms with Gasteiger partial charge in [-0.3, -0.25) is 18.8 Å². The summed E-state index contributed by atoms with van der Waals surface area (Å²) in [6.07, 6.45) is 0. The lowest BCUT2D eigenvalue weighted by Gasteiger charge is -2.19. The molecule has 7 heteroatoms. The molecular weight excluding hydrogens is 325 g/mol. The molecule has 0 aliphatic carbocycles. The van der Waals surface area contributed by atoms with E-state index in [1.807, 2.05) is 24.1 Å². The van der Waals surface area contributed by atoms with E-state index in [1.165, 1.54) is 17.7 Å². The van der Waals surface area contributed by atoms with E-state index in [0.29, 0.717) is 28.8 Å². The number of rotatable bonds is 4. The topological polar surface area (TPSA) is 47.2 Å². The first-order chi connectivity index (χ1) is 10.3. The van der Waals surface area contributed by atoms with Gasteiger partial charge in [0.1, 0.15) is 0 Å². The molecule has 0 saturated carbocycles. The number of aromatic nitrogens is 2. The Balaban J connectivity index is 2.23. The highest BCUT2D eigenvalue weighted by atomic mass is 35.5. The summed E-state index contributed by atoms with van der Waals surface area (Å²) in [6.45, 7) is 1.01. The van der Waals surface area contributed by atoms with Crippen LogP contribution in [0.1, 0.15) is 11.3 Å². The Hall–Kier alpha value is -1.56. The van der Waals surface area contributed by atoms with Crippen molar-refractivity contribution in [1.82, 2.24) is 14.0 Å². The van der Waals surface area contributed by atoms with Gasteiger partial charge in [0.15, 0.2) is 0 Å². The summed E-state index contributed by atoms with van der Waals surface area (Å²) < 4.78 is 2.55. The van der Waals surface area contributed by atoms with E-state index in [2.05, 4.69) is 0 Å². The third-order valence-corrected chi connectivity index (χ3v) is 4.39. The van der Waals surface area contributed by atoms with E-state index in [-0.39, 0.29) is 11.2 Å². The predicted octanol–water partition coefficient (Wildman–Crippen LogP) is 2.02. The van der Waals surface area contributed by atoms with Crippen LogP contribution in [-0.2, 0) is 27.2 Å². The molecule has 1 heterocycles. The summed E-state index contributed by atoms with van der Waals surface area (Å²) in [6, 6.07) is 6.94. The van der Waals surface area contributed by atoms with Crippen molar-refractivity contribution in [3.63, 3.8) is 0 Å². The highest BCUT2D eigenvalue weighted by Gasteiger charge is 2.11. The number of hydrogen-bond donors (Lipinski definition) is 0. The van der Waals surface area contributed by atoms with Gasteiger partial charge < -0.3 is 0 Å². The molecule has 0 saturated heterocycles. The Morgan fingerprint density at radius 2 is 1.77 bits per heavy atom. The Morgan fingerprint density at radius 3 is 2.45 bits per heavy atom. The Bertz CT molecular complexity index is 811. The fourth-order valence-electron chi connectivity index (χ4n) is 2.22. The van der Waals surface area contributed by atoms with Gasteiger partial charge in [0, 0.05) is 38.9 Å². The molecule has 0 bridgehead atoms. The van der Waals surface area contributed by atoms with Crippen LogP contribution in [0.5, 0.6) is 0 Å². The largest absolute Gasteiger partial charge is 0.330 e. The molecule has 118 valence electrons. The quantitative estimate of drug-likeness (QED) is 0.854. The van der Waals surface area contributed by atoms with Crippen LogP contribution in [-0.4, -0.2) is 21.1 Å². The summed E-state index contributed by atoms with van der Waals surface area (Å²) in [5.41, 5.74) is 0.892. The fourth-order valence-corrected chi connectivity index (χ4v) is 2.60. The standard InChI is InChI=1S/C15H17Cl2N3O2/c1-18(8-10-5-4-6-12(16)14(10)17)9-11-7-13(21)20(3)15(22)19(11)2/h4-7H,8-9H2,1-3H3.